The van der Waals surface area contributed by atoms with Crippen molar-refractivity contribution in [2.45, 2.75) is 24.8 Å². The fourth-order valence-corrected chi connectivity index (χ4v) is 3.77. The number of halogens is 3. The minimum atomic E-state index is -0.338. The molecule has 0 spiro atoms. The molecule has 21 heavy (non-hydrogen) atoms. The molecule has 2 unspecified atom stereocenters. The minimum absolute atomic E-state index is 0.0701. The molecule has 0 radical (unpaired) electrons. The van der Waals surface area contributed by atoms with Crippen LogP contribution in [0.25, 0.3) is 0 Å². The fourth-order valence-electron chi connectivity index (χ4n) is 3.29. The van der Waals surface area contributed by atoms with Crippen molar-refractivity contribution in [3.8, 4) is 0 Å². The van der Waals surface area contributed by atoms with Crippen molar-refractivity contribution in [1.29, 1.82) is 0 Å². The Labute approximate surface area is 137 Å². The Hall–Kier alpha value is -0.900. The SMILES string of the molecule is CNC(c1ccc(Br)c(Cl)c1F)C1CCc2ccccc21. The van der Waals surface area contributed by atoms with Gasteiger partial charge in [-0.15, -0.1) is 0 Å². The van der Waals surface area contributed by atoms with E-state index in [4.69, 9.17) is 11.6 Å². The first-order valence-electron chi connectivity index (χ1n) is 7.02. The molecule has 0 fully saturated rings. The van der Waals surface area contributed by atoms with Gasteiger partial charge < -0.3 is 5.32 Å². The van der Waals surface area contributed by atoms with Gasteiger partial charge in [-0.3, -0.25) is 0 Å². The highest BCUT2D eigenvalue weighted by molar-refractivity contribution is 9.10. The Morgan fingerprint density at radius 1 is 1.29 bits per heavy atom. The lowest BCUT2D eigenvalue weighted by Crippen LogP contribution is -2.24. The molecule has 2 aromatic carbocycles. The van der Waals surface area contributed by atoms with Crippen LogP contribution in [0.4, 0.5) is 4.39 Å². The van der Waals surface area contributed by atoms with Crippen molar-refractivity contribution in [1.82, 2.24) is 5.32 Å². The first kappa shape index (κ1) is 15.0. The van der Waals surface area contributed by atoms with Crippen LogP contribution >= 0.6 is 27.5 Å². The highest BCUT2D eigenvalue weighted by atomic mass is 79.9. The van der Waals surface area contributed by atoms with Gasteiger partial charge in [-0.1, -0.05) is 41.9 Å². The van der Waals surface area contributed by atoms with Crippen molar-refractivity contribution in [3.05, 3.63) is 68.4 Å². The van der Waals surface area contributed by atoms with E-state index in [1.54, 1.807) is 0 Å². The molecule has 4 heteroatoms. The quantitative estimate of drug-likeness (QED) is 0.731. The summed E-state index contributed by atoms with van der Waals surface area (Å²) in [7, 11) is 1.88. The van der Waals surface area contributed by atoms with E-state index < -0.39 is 0 Å². The second-order valence-corrected chi connectivity index (χ2v) is 6.61. The second-order valence-electron chi connectivity index (χ2n) is 5.37. The fraction of sp³-hybridized carbons (Fsp3) is 0.294. The van der Waals surface area contributed by atoms with Crippen LogP contribution < -0.4 is 5.32 Å². The zero-order valence-corrected chi connectivity index (χ0v) is 14.0. The molecule has 0 saturated carbocycles. The van der Waals surface area contributed by atoms with Crippen LogP contribution in [0.3, 0.4) is 0 Å². The van der Waals surface area contributed by atoms with Gasteiger partial charge in [0.15, 0.2) is 0 Å². The summed E-state index contributed by atoms with van der Waals surface area (Å²) in [5.41, 5.74) is 3.31. The topological polar surface area (TPSA) is 12.0 Å². The number of hydrogen-bond acceptors (Lipinski definition) is 1. The summed E-state index contributed by atoms with van der Waals surface area (Å²) in [4.78, 5) is 0. The van der Waals surface area contributed by atoms with Crippen LogP contribution in [-0.4, -0.2) is 7.05 Å². The maximum atomic E-state index is 14.5. The maximum absolute atomic E-state index is 14.5. The smallest absolute Gasteiger partial charge is 0.147 e. The van der Waals surface area contributed by atoms with E-state index in [-0.39, 0.29) is 22.8 Å². The zero-order chi connectivity index (χ0) is 15.0. The standard InChI is InChI=1S/C17H16BrClFN/c1-21-17(13-8-9-14(18)15(19)16(13)20)12-7-6-10-4-2-3-5-11(10)12/h2-5,8-9,12,17,21H,6-7H2,1H3. The lowest BCUT2D eigenvalue weighted by atomic mass is 9.88. The summed E-state index contributed by atoms with van der Waals surface area (Å²) >= 11 is 9.31. The van der Waals surface area contributed by atoms with E-state index in [9.17, 15) is 4.39 Å². The molecule has 1 aliphatic carbocycles. The van der Waals surface area contributed by atoms with Crippen LogP contribution in [0, 0.1) is 5.82 Å². The van der Waals surface area contributed by atoms with Crippen molar-refractivity contribution in [2.24, 2.45) is 0 Å². The van der Waals surface area contributed by atoms with Gasteiger partial charge in [-0.05, 0) is 53.0 Å². The van der Waals surface area contributed by atoms with Crippen LogP contribution in [0.2, 0.25) is 5.02 Å². The summed E-state index contributed by atoms with van der Waals surface area (Å²) in [5, 5.41) is 3.43. The van der Waals surface area contributed by atoms with Crippen molar-refractivity contribution in [3.63, 3.8) is 0 Å². The van der Waals surface area contributed by atoms with E-state index in [0.717, 1.165) is 12.8 Å². The normalized spacial score (nSPS) is 18.6. The Bertz CT molecular complexity index is 674. The summed E-state index contributed by atoms with van der Waals surface area (Å²) in [6.45, 7) is 0. The summed E-state index contributed by atoms with van der Waals surface area (Å²) < 4.78 is 15.1. The molecule has 1 nitrogen and oxygen atoms in total. The van der Waals surface area contributed by atoms with Crippen molar-refractivity contribution >= 4 is 27.5 Å². The van der Waals surface area contributed by atoms with Crippen LogP contribution in [0.5, 0.6) is 0 Å². The van der Waals surface area contributed by atoms with Gasteiger partial charge in [0, 0.05) is 22.0 Å². The van der Waals surface area contributed by atoms with E-state index in [0.29, 0.717) is 10.0 Å². The molecule has 0 saturated heterocycles. The summed E-state index contributed by atoms with van der Waals surface area (Å²) in [6.07, 6.45) is 2.07. The Kier molecular flexibility index (Phi) is 4.34. The summed E-state index contributed by atoms with van der Waals surface area (Å²) in [6, 6.07) is 12.0. The molecule has 1 N–H and O–H groups in total. The predicted octanol–water partition coefficient (Wildman–Crippen LogP) is 5.23. The van der Waals surface area contributed by atoms with Crippen LogP contribution in [0.1, 0.15) is 35.1 Å². The lowest BCUT2D eigenvalue weighted by molar-refractivity contribution is 0.454. The number of benzene rings is 2. The number of fused-ring (bicyclic) bond motifs is 1. The molecule has 0 heterocycles. The molecular weight excluding hydrogens is 353 g/mol. The first-order chi connectivity index (χ1) is 10.1. The number of nitrogens with one attached hydrogen (secondary N) is 1. The number of hydrogen-bond donors (Lipinski definition) is 1. The monoisotopic (exact) mass is 367 g/mol. The van der Waals surface area contributed by atoms with Crippen molar-refractivity contribution in [2.75, 3.05) is 7.05 Å². The average molecular weight is 369 g/mol. The number of likely N-dealkylation sites (N-methyl/N-ethyl adjacent to an activating group) is 1. The van der Waals surface area contributed by atoms with Crippen LogP contribution in [0.15, 0.2) is 40.9 Å². The van der Waals surface area contributed by atoms with Crippen LogP contribution in [-0.2, 0) is 6.42 Å². The molecule has 3 rings (SSSR count). The van der Waals surface area contributed by atoms with Gasteiger partial charge in [0.2, 0.25) is 0 Å². The first-order valence-corrected chi connectivity index (χ1v) is 8.19. The molecule has 0 aliphatic heterocycles. The van der Waals surface area contributed by atoms with Crippen molar-refractivity contribution < 1.29 is 4.39 Å². The highest BCUT2D eigenvalue weighted by Crippen LogP contribution is 2.43. The third kappa shape index (κ3) is 2.63. The molecule has 0 amide bonds. The number of rotatable bonds is 3. The average Bonchev–Trinajstić information content (AvgIpc) is 2.92. The minimum Gasteiger partial charge on any atom is -0.312 e. The highest BCUT2D eigenvalue weighted by Gasteiger charge is 2.31. The zero-order valence-electron chi connectivity index (χ0n) is 11.7. The van der Waals surface area contributed by atoms with Gasteiger partial charge in [0.25, 0.3) is 0 Å². The third-order valence-electron chi connectivity index (χ3n) is 4.29. The van der Waals surface area contributed by atoms with Gasteiger partial charge in [-0.25, -0.2) is 4.39 Å². The molecule has 0 aromatic heterocycles. The molecule has 110 valence electrons. The lowest BCUT2D eigenvalue weighted by Gasteiger charge is -2.25. The maximum Gasteiger partial charge on any atom is 0.147 e. The molecule has 2 atom stereocenters. The largest absolute Gasteiger partial charge is 0.312 e. The van der Waals surface area contributed by atoms with Gasteiger partial charge in [-0.2, -0.15) is 0 Å². The third-order valence-corrected chi connectivity index (χ3v) is 5.55. The van der Waals surface area contributed by atoms with Gasteiger partial charge >= 0.3 is 0 Å². The molecule has 1 aliphatic rings. The summed E-state index contributed by atoms with van der Waals surface area (Å²) in [5.74, 6) is -0.0623. The van der Waals surface area contributed by atoms with E-state index in [1.165, 1.54) is 11.1 Å². The Balaban J connectivity index is 2.03. The Morgan fingerprint density at radius 2 is 2.05 bits per heavy atom. The molecular formula is C17H16BrClFN. The van der Waals surface area contributed by atoms with Gasteiger partial charge in [0.1, 0.15) is 5.82 Å². The number of aryl methyl sites for hydroxylation is 1. The van der Waals surface area contributed by atoms with E-state index in [2.05, 4.69) is 45.5 Å². The van der Waals surface area contributed by atoms with E-state index in [1.807, 2.05) is 19.2 Å². The predicted molar refractivity (Wildman–Crippen MR) is 88.4 cm³/mol. The molecule has 2 aromatic rings. The second kappa shape index (κ2) is 6.07. The molecule has 0 bridgehead atoms. The van der Waals surface area contributed by atoms with E-state index >= 15 is 0 Å². The Morgan fingerprint density at radius 3 is 2.81 bits per heavy atom. The van der Waals surface area contributed by atoms with Gasteiger partial charge in [0.05, 0.1) is 5.02 Å².